The summed E-state index contributed by atoms with van der Waals surface area (Å²) in [6.45, 7) is 9.15. The standard InChI is InChI=1S/C31H19F3N2O6.C3H8.C2H6/c1-30(31(32,33)34,16-2-12-22-24(14-16)28(41)35(26(22)39)18-4-8-20(37)9-5-18)17-3-13-23-25(15-17)29(42)36(27(23)40)19-6-10-21(38)11-7-19;1-3-2;1-2/h2-15,37-38H,1H3;3H2,1-2H3;1-2H3. The van der Waals surface area contributed by atoms with E-state index in [1.54, 1.807) is 0 Å². The first-order valence-corrected chi connectivity index (χ1v) is 15.0. The van der Waals surface area contributed by atoms with Crippen LogP contribution in [-0.4, -0.2) is 40.0 Å². The first-order valence-electron chi connectivity index (χ1n) is 15.0. The quantitative estimate of drug-likeness (QED) is 0.217. The van der Waals surface area contributed by atoms with E-state index in [2.05, 4.69) is 13.8 Å². The molecule has 47 heavy (non-hydrogen) atoms. The van der Waals surface area contributed by atoms with Crippen LogP contribution in [0.4, 0.5) is 24.5 Å². The van der Waals surface area contributed by atoms with E-state index in [0.717, 1.165) is 53.1 Å². The zero-order valence-electron chi connectivity index (χ0n) is 26.3. The van der Waals surface area contributed by atoms with Crippen molar-refractivity contribution in [3.05, 3.63) is 118 Å². The number of amides is 4. The van der Waals surface area contributed by atoms with E-state index in [9.17, 15) is 42.6 Å². The number of hydrogen-bond acceptors (Lipinski definition) is 6. The fraction of sp³-hybridized carbons (Fsp3) is 0.222. The number of fused-ring (bicyclic) bond motifs is 2. The first-order chi connectivity index (χ1) is 22.2. The Labute approximate surface area is 269 Å². The molecular formula is C36H33F3N2O6. The summed E-state index contributed by atoms with van der Waals surface area (Å²) in [7, 11) is 0. The molecule has 2 aliphatic rings. The average Bonchev–Trinajstić information content (AvgIpc) is 3.45. The van der Waals surface area contributed by atoms with E-state index in [-0.39, 0.29) is 56.3 Å². The number of rotatable bonds is 4. The van der Waals surface area contributed by atoms with E-state index < -0.39 is 35.2 Å². The highest BCUT2D eigenvalue weighted by Gasteiger charge is 2.55. The van der Waals surface area contributed by atoms with E-state index in [0.29, 0.717) is 0 Å². The molecule has 0 bridgehead atoms. The van der Waals surface area contributed by atoms with Crippen LogP contribution in [0.3, 0.4) is 0 Å². The van der Waals surface area contributed by atoms with Crippen LogP contribution in [0, 0.1) is 0 Å². The van der Waals surface area contributed by atoms with Gasteiger partial charge in [-0.15, -0.1) is 0 Å². The molecule has 4 amide bonds. The maximum atomic E-state index is 14.9. The molecule has 4 aromatic carbocycles. The summed E-state index contributed by atoms with van der Waals surface area (Å²) in [5.41, 5.74) is -3.80. The highest BCUT2D eigenvalue weighted by molar-refractivity contribution is 6.35. The molecule has 0 fully saturated rings. The number of anilines is 2. The largest absolute Gasteiger partial charge is 0.508 e. The number of benzene rings is 4. The molecule has 8 nitrogen and oxygen atoms in total. The van der Waals surface area contributed by atoms with Gasteiger partial charge in [-0.25, -0.2) is 9.80 Å². The molecule has 11 heteroatoms. The molecule has 0 unspecified atom stereocenters. The van der Waals surface area contributed by atoms with Gasteiger partial charge in [-0.1, -0.05) is 46.2 Å². The number of aromatic hydroxyl groups is 2. The Morgan fingerprint density at radius 2 is 0.851 bits per heavy atom. The van der Waals surface area contributed by atoms with Gasteiger partial charge in [0.15, 0.2) is 0 Å². The van der Waals surface area contributed by atoms with Gasteiger partial charge >= 0.3 is 6.18 Å². The summed E-state index contributed by atoms with van der Waals surface area (Å²) in [5.74, 6) is -3.30. The monoisotopic (exact) mass is 646 g/mol. The van der Waals surface area contributed by atoms with Gasteiger partial charge < -0.3 is 10.2 Å². The second-order valence-corrected chi connectivity index (χ2v) is 10.8. The highest BCUT2D eigenvalue weighted by atomic mass is 19.4. The summed E-state index contributed by atoms with van der Waals surface area (Å²) in [6.07, 6.45) is -3.68. The maximum Gasteiger partial charge on any atom is 0.402 e. The number of phenolic OH excluding ortho intramolecular Hbond substituents is 2. The Hall–Kier alpha value is -5.45. The Bertz CT molecular complexity index is 1730. The van der Waals surface area contributed by atoms with Crippen LogP contribution in [0.1, 0.15) is 93.6 Å². The Kier molecular flexibility index (Phi) is 9.60. The van der Waals surface area contributed by atoms with Crippen molar-refractivity contribution in [3.63, 3.8) is 0 Å². The second kappa shape index (κ2) is 13.1. The van der Waals surface area contributed by atoms with Crippen LogP contribution in [0.25, 0.3) is 0 Å². The smallest absolute Gasteiger partial charge is 0.402 e. The van der Waals surface area contributed by atoms with Gasteiger partial charge in [-0.2, -0.15) is 13.2 Å². The molecule has 2 N–H and O–H groups in total. The number of nitrogens with zero attached hydrogens (tertiary/aromatic N) is 2. The predicted molar refractivity (Wildman–Crippen MR) is 171 cm³/mol. The molecule has 0 aliphatic carbocycles. The van der Waals surface area contributed by atoms with Crippen LogP contribution < -0.4 is 9.80 Å². The zero-order chi connectivity index (χ0) is 34.8. The van der Waals surface area contributed by atoms with Crippen molar-refractivity contribution < 1.29 is 42.6 Å². The highest BCUT2D eigenvalue weighted by Crippen LogP contribution is 2.48. The number of imide groups is 2. The topological polar surface area (TPSA) is 115 Å². The van der Waals surface area contributed by atoms with E-state index in [1.165, 1.54) is 55.0 Å². The molecular weight excluding hydrogens is 613 g/mol. The molecule has 0 saturated heterocycles. The third kappa shape index (κ3) is 5.84. The Morgan fingerprint density at radius 3 is 1.15 bits per heavy atom. The molecule has 2 heterocycles. The Balaban J connectivity index is 0.000000947. The Morgan fingerprint density at radius 1 is 0.553 bits per heavy atom. The van der Waals surface area contributed by atoms with Crippen molar-refractivity contribution in [2.24, 2.45) is 0 Å². The third-order valence-corrected chi connectivity index (χ3v) is 7.71. The van der Waals surface area contributed by atoms with Gasteiger partial charge in [0, 0.05) is 0 Å². The second-order valence-electron chi connectivity index (χ2n) is 10.8. The van der Waals surface area contributed by atoms with Gasteiger partial charge in [0.1, 0.15) is 16.9 Å². The third-order valence-electron chi connectivity index (χ3n) is 7.71. The van der Waals surface area contributed by atoms with Crippen molar-refractivity contribution >= 4 is 35.0 Å². The van der Waals surface area contributed by atoms with Crippen LogP contribution >= 0.6 is 0 Å². The number of alkyl halides is 3. The fourth-order valence-electron chi connectivity index (χ4n) is 5.27. The SMILES string of the molecule is CC.CC(c1ccc2c(c1)C(=O)N(c1ccc(O)cc1)C2=O)(c1ccc2c(c1)C(=O)N(c1ccc(O)cc1)C2=O)C(F)(F)F.CCC. The maximum absolute atomic E-state index is 14.9. The lowest BCUT2D eigenvalue weighted by atomic mass is 9.74. The number of halogens is 3. The summed E-state index contributed by atoms with van der Waals surface area (Å²) in [4.78, 5) is 54.1. The molecule has 0 atom stereocenters. The molecule has 6 rings (SSSR count). The summed E-state index contributed by atoms with van der Waals surface area (Å²) in [5, 5.41) is 19.1. The normalized spacial score (nSPS) is 13.9. The average molecular weight is 647 g/mol. The van der Waals surface area contributed by atoms with E-state index >= 15 is 0 Å². The lowest BCUT2D eigenvalue weighted by Crippen LogP contribution is -2.41. The molecule has 0 saturated carbocycles. The lowest BCUT2D eigenvalue weighted by molar-refractivity contribution is -0.173. The first kappa shape index (κ1) is 34.4. The van der Waals surface area contributed by atoms with Crippen molar-refractivity contribution in [3.8, 4) is 11.5 Å². The minimum Gasteiger partial charge on any atom is -0.508 e. The molecule has 0 spiro atoms. The number of carbonyl (C=O) groups is 4. The van der Waals surface area contributed by atoms with Crippen molar-refractivity contribution in [1.82, 2.24) is 0 Å². The van der Waals surface area contributed by atoms with Gasteiger partial charge in [-0.3, -0.25) is 19.2 Å². The summed E-state index contributed by atoms with van der Waals surface area (Å²) >= 11 is 0. The fourth-order valence-corrected chi connectivity index (χ4v) is 5.27. The summed E-state index contributed by atoms with van der Waals surface area (Å²) < 4.78 is 44.7. The zero-order valence-corrected chi connectivity index (χ0v) is 26.3. The number of phenols is 2. The molecule has 2 aliphatic heterocycles. The van der Waals surface area contributed by atoms with Gasteiger partial charge in [-0.05, 0) is 90.8 Å². The van der Waals surface area contributed by atoms with Crippen LogP contribution in [0.5, 0.6) is 11.5 Å². The minimum atomic E-state index is -4.93. The predicted octanol–water partition coefficient (Wildman–Crippen LogP) is 8.01. The molecule has 4 aromatic rings. The number of carbonyl (C=O) groups excluding carboxylic acids is 4. The van der Waals surface area contributed by atoms with Gasteiger partial charge in [0.2, 0.25) is 0 Å². The van der Waals surface area contributed by atoms with E-state index in [4.69, 9.17) is 0 Å². The van der Waals surface area contributed by atoms with Crippen LogP contribution in [-0.2, 0) is 5.41 Å². The number of hydrogen-bond donors (Lipinski definition) is 2. The minimum absolute atomic E-state index is 0.0828. The van der Waals surface area contributed by atoms with Gasteiger partial charge in [0.25, 0.3) is 23.6 Å². The summed E-state index contributed by atoms with van der Waals surface area (Å²) in [6, 6.07) is 17.0. The van der Waals surface area contributed by atoms with Crippen LogP contribution in [0.2, 0.25) is 0 Å². The van der Waals surface area contributed by atoms with E-state index in [1.807, 2.05) is 13.8 Å². The van der Waals surface area contributed by atoms with Gasteiger partial charge in [0.05, 0.1) is 33.6 Å². The van der Waals surface area contributed by atoms with Crippen molar-refractivity contribution in [2.45, 2.75) is 52.6 Å². The molecule has 0 radical (unpaired) electrons. The molecule has 0 aromatic heterocycles. The van der Waals surface area contributed by atoms with Crippen LogP contribution in [0.15, 0.2) is 84.9 Å². The van der Waals surface area contributed by atoms with Crippen molar-refractivity contribution in [2.75, 3.05) is 9.80 Å². The van der Waals surface area contributed by atoms with Crippen molar-refractivity contribution in [1.29, 1.82) is 0 Å². The lowest BCUT2D eigenvalue weighted by Gasteiger charge is -2.33. The molecule has 244 valence electrons.